The van der Waals surface area contributed by atoms with Gasteiger partial charge in [0.1, 0.15) is 6.17 Å². The summed E-state index contributed by atoms with van der Waals surface area (Å²) in [5, 5.41) is 13.5. The molecule has 2 atom stereocenters. The number of carbonyl (C=O) groups is 1. The van der Waals surface area contributed by atoms with Crippen molar-refractivity contribution in [3.05, 3.63) is 59.3 Å². The lowest BCUT2D eigenvalue weighted by Crippen LogP contribution is -2.39. The van der Waals surface area contributed by atoms with Gasteiger partial charge in [0.25, 0.3) is 5.91 Å². The monoisotopic (exact) mass is 432 g/mol. The topological polar surface area (TPSA) is 87.7 Å². The van der Waals surface area contributed by atoms with E-state index in [9.17, 15) is 14.4 Å². The number of fused-ring (bicyclic) bond motifs is 1. The Labute approximate surface area is 186 Å². The van der Waals surface area contributed by atoms with Crippen LogP contribution in [0.5, 0.6) is 0 Å². The maximum absolute atomic E-state index is 13.4. The van der Waals surface area contributed by atoms with Crippen LogP contribution in [0.3, 0.4) is 0 Å². The molecule has 7 nitrogen and oxygen atoms in total. The van der Waals surface area contributed by atoms with Crippen LogP contribution in [0.4, 0.5) is 10.1 Å². The summed E-state index contributed by atoms with van der Waals surface area (Å²) < 4.78 is 14.9. The molecule has 4 rings (SSSR count). The quantitative estimate of drug-likeness (QED) is 0.591. The Kier molecular flexibility index (Phi) is 5.29. The van der Waals surface area contributed by atoms with Crippen LogP contribution in [0, 0.1) is 18.3 Å². The highest BCUT2D eigenvalue weighted by molar-refractivity contribution is 6.12. The van der Waals surface area contributed by atoms with Crippen LogP contribution in [0.15, 0.2) is 36.9 Å². The van der Waals surface area contributed by atoms with Gasteiger partial charge in [0.05, 0.1) is 52.9 Å². The van der Waals surface area contributed by atoms with Gasteiger partial charge in [-0.3, -0.25) is 19.4 Å². The van der Waals surface area contributed by atoms with Crippen molar-refractivity contribution in [2.75, 3.05) is 4.90 Å². The molecule has 0 radical (unpaired) electrons. The predicted molar refractivity (Wildman–Crippen MR) is 119 cm³/mol. The lowest BCUT2D eigenvalue weighted by molar-refractivity contribution is 0.0981. The Balaban J connectivity index is 1.78. The van der Waals surface area contributed by atoms with Crippen molar-refractivity contribution in [2.45, 2.75) is 58.8 Å². The maximum Gasteiger partial charge on any atom is 0.261 e. The predicted octanol–water partition coefficient (Wildman–Crippen LogP) is 4.53. The Morgan fingerprint density at radius 1 is 1.22 bits per heavy atom. The van der Waals surface area contributed by atoms with Crippen LogP contribution in [0.25, 0.3) is 11.3 Å². The molecule has 0 spiro atoms. The van der Waals surface area contributed by atoms with E-state index in [-0.39, 0.29) is 18.4 Å². The Hall–Kier alpha value is -3.60. The van der Waals surface area contributed by atoms with E-state index < -0.39 is 11.7 Å². The van der Waals surface area contributed by atoms with E-state index in [1.807, 2.05) is 39.8 Å². The van der Waals surface area contributed by atoms with Gasteiger partial charge in [0.2, 0.25) is 0 Å². The van der Waals surface area contributed by atoms with Crippen molar-refractivity contribution in [1.82, 2.24) is 19.7 Å². The number of anilines is 1. The van der Waals surface area contributed by atoms with Crippen molar-refractivity contribution in [1.29, 1.82) is 5.26 Å². The minimum atomic E-state index is -1.04. The van der Waals surface area contributed by atoms with E-state index in [1.165, 1.54) is 11.6 Å². The van der Waals surface area contributed by atoms with Crippen LogP contribution >= 0.6 is 0 Å². The number of nitriles is 1. The molecule has 0 aromatic carbocycles. The average Bonchev–Trinajstić information content (AvgIpc) is 3.26. The van der Waals surface area contributed by atoms with Gasteiger partial charge in [-0.15, -0.1) is 0 Å². The number of aromatic nitrogens is 4. The third-order valence-electron chi connectivity index (χ3n) is 5.84. The van der Waals surface area contributed by atoms with Crippen molar-refractivity contribution in [3.63, 3.8) is 0 Å². The lowest BCUT2D eigenvalue weighted by atomic mass is 9.95. The number of alkyl halides is 1. The first kappa shape index (κ1) is 21.6. The standard InChI is InChI=1S/C24H25FN6O/c1-14-6-20(18-7-17(9-27-10-18)15(2)8-26)29-22-21(14)23(32)31(24(22,4)5)19-11-28-30(13-19)12-16(3)25/h6-7,9-11,13,15-16H,12H2,1-5H3/t15-,16?/m1/s1. The molecule has 164 valence electrons. The molecule has 1 amide bonds. The molecule has 0 saturated heterocycles. The Morgan fingerprint density at radius 2 is 1.97 bits per heavy atom. The molecule has 1 unspecified atom stereocenters. The summed E-state index contributed by atoms with van der Waals surface area (Å²) in [4.78, 5) is 24.2. The summed E-state index contributed by atoms with van der Waals surface area (Å²) in [7, 11) is 0. The minimum absolute atomic E-state index is 0.126. The zero-order valence-electron chi connectivity index (χ0n) is 18.8. The number of hydrogen-bond acceptors (Lipinski definition) is 5. The number of nitrogens with zero attached hydrogens (tertiary/aromatic N) is 6. The van der Waals surface area contributed by atoms with Crippen LogP contribution in [-0.2, 0) is 12.1 Å². The summed E-state index contributed by atoms with van der Waals surface area (Å²) in [5.41, 5.74) is 4.24. The number of hydrogen-bond donors (Lipinski definition) is 0. The molecular weight excluding hydrogens is 407 g/mol. The second kappa shape index (κ2) is 7.83. The normalized spacial score (nSPS) is 16.5. The minimum Gasteiger partial charge on any atom is -0.294 e. The van der Waals surface area contributed by atoms with Crippen molar-refractivity contribution in [2.24, 2.45) is 0 Å². The molecule has 3 aromatic rings. The molecule has 4 heterocycles. The lowest BCUT2D eigenvalue weighted by Gasteiger charge is -2.30. The van der Waals surface area contributed by atoms with Crippen molar-refractivity contribution < 1.29 is 9.18 Å². The van der Waals surface area contributed by atoms with Crippen LogP contribution in [0.1, 0.15) is 60.8 Å². The summed E-state index contributed by atoms with van der Waals surface area (Å²) in [6, 6.07) is 6.02. The van der Waals surface area contributed by atoms with Crippen LogP contribution < -0.4 is 4.90 Å². The third kappa shape index (κ3) is 3.54. The number of rotatable bonds is 5. The highest BCUT2D eigenvalue weighted by Crippen LogP contribution is 2.43. The van der Waals surface area contributed by atoms with Crippen molar-refractivity contribution >= 4 is 11.6 Å². The first-order valence-corrected chi connectivity index (χ1v) is 10.5. The van der Waals surface area contributed by atoms with E-state index in [1.54, 1.807) is 29.7 Å². The summed E-state index contributed by atoms with van der Waals surface area (Å²) in [5.74, 6) is -0.436. The van der Waals surface area contributed by atoms with Gasteiger partial charge in [-0.1, -0.05) is 0 Å². The average molecular weight is 433 g/mol. The second-order valence-corrected chi connectivity index (χ2v) is 8.81. The smallest absolute Gasteiger partial charge is 0.261 e. The van der Waals surface area contributed by atoms with Crippen LogP contribution in [-0.4, -0.2) is 31.8 Å². The molecule has 0 bridgehead atoms. The fourth-order valence-electron chi connectivity index (χ4n) is 4.18. The SMILES string of the molecule is Cc1cc(-c2cncc([C@H](C)C#N)c2)nc2c1C(=O)N(c1cnn(CC(C)F)c1)C2(C)C. The molecule has 0 fully saturated rings. The molecular formula is C24H25FN6O. The van der Waals surface area contributed by atoms with Gasteiger partial charge in [0, 0.05) is 24.2 Å². The van der Waals surface area contributed by atoms with Gasteiger partial charge in [-0.25, -0.2) is 9.37 Å². The van der Waals surface area contributed by atoms with E-state index in [0.29, 0.717) is 22.6 Å². The largest absolute Gasteiger partial charge is 0.294 e. The summed E-state index contributed by atoms with van der Waals surface area (Å²) in [6.45, 7) is 9.19. The number of aryl methyl sites for hydroxylation is 1. The van der Waals surface area contributed by atoms with Gasteiger partial charge >= 0.3 is 0 Å². The van der Waals surface area contributed by atoms with Gasteiger partial charge < -0.3 is 0 Å². The van der Waals surface area contributed by atoms with Gasteiger partial charge in [0.15, 0.2) is 0 Å². The van der Waals surface area contributed by atoms with E-state index in [0.717, 1.165) is 16.7 Å². The van der Waals surface area contributed by atoms with E-state index in [2.05, 4.69) is 16.2 Å². The summed E-state index contributed by atoms with van der Waals surface area (Å²) >= 11 is 0. The molecule has 0 N–H and O–H groups in total. The Bertz CT molecular complexity index is 1240. The third-order valence-corrected chi connectivity index (χ3v) is 5.84. The van der Waals surface area contributed by atoms with Gasteiger partial charge in [-0.2, -0.15) is 10.4 Å². The van der Waals surface area contributed by atoms with Gasteiger partial charge in [-0.05, 0) is 57.9 Å². The molecule has 32 heavy (non-hydrogen) atoms. The molecule has 8 heteroatoms. The molecule has 0 aliphatic carbocycles. The molecule has 1 aliphatic heterocycles. The first-order valence-electron chi connectivity index (χ1n) is 10.5. The summed E-state index contributed by atoms with van der Waals surface area (Å²) in [6.07, 6.45) is 5.63. The zero-order valence-corrected chi connectivity index (χ0v) is 18.8. The number of halogens is 1. The van der Waals surface area contributed by atoms with Crippen LogP contribution in [0.2, 0.25) is 0 Å². The van der Waals surface area contributed by atoms with E-state index in [4.69, 9.17) is 4.98 Å². The zero-order chi connectivity index (χ0) is 23.2. The highest BCUT2D eigenvalue weighted by atomic mass is 19.1. The fourth-order valence-corrected chi connectivity index (χ4v) is 4.18. The van der Waals surface area contributed by atoms with E-state index >= 15 is 0 Å². The fraction of sp³-hybridized carbons (Fsp3) is 0.375. The van der Waals surface area contributed by atoms with Crippen molar-refractivity contribution in [3.8, 4) is 17.3 Å². The second-order valence-electron chi connectivity index (χ2n) is 8.81. The number of carbonyl (C=O) groups excluding carboxylic acids is 1. The Morgan fingerprint density at radius 3 is 2.66 bits per heavy atom. The molecule has 0 saturated carbocycles. The maximum atomic E-state index is 13.4. The molecule has 3 aromatic heterocycles. The highest BCUT2D eigenvalue weighted by Gasteiger charge is 2.47. The number of amides is 1. The number of pyridine rings is 2. The first-order chi connectivity index (χ1) is 15.1. The molecule has 1 aliphatic rings.